The molecule has 0 aromatic carbocycles. The zero-order valence-corrected chi connectivity index (χ0v) is 16.1. The molecule has 0 aromatic heterocycles. The van der Waals surface area contributed by atoms with Crippen molar-refractivity contribution in [3.8, 4) is 0 Å². The lowest BCUT2D eigenvalue weighted by Crippen LogP contribution is -2.44. The van der Waals surface area contributed by atoms with Gasteiger partial charge in [-0.05, 0) is 31.6 Å². The Morgan fingerprint density at radius 1 is 1.04 bits per heavy atom. The number of hydrogen-bond acceptors (Lipinski definition) is 4. The van der Waals surface area contributed by atoms with Crippen LogP contribution in [0, 0.1) is 5.92 Å². The predicted molar refractivity (Wildman–Crippen MR) is 102 cm³/mol. The topological polar surface area (TPSA) is 69.7 Å². The molecule has 1 saturated carbocycles. The molecule has 2 heterocycles. The number of likely N-dealkylation sites (N-methyl/N-ethyl adjacent to an activating group) is 1. The van der Waals surface area contributed by atoms with E-state index >= 15 is 0 Å². The van der Waals surface area contributed by atoms with Gasteiger partial charge in [-0.15, -0.1) is 0 Å². The van der Waals surface area contributed by atoms with Gasteiger partial charge in [0.1, 0.15) is 11.4 Å². The second-order valence-electron chi connectivity index (χ2n) is 7.12. The molecule has 0 aromatic rings. The third kappa shape index (κ3) is 3.68. The maximum absolute atomic E-state index is 13.0. The second kappa shape index (κ2) is 8.29. The fourth-order valence-electron chi connectivity index (χ4n) is 4.06. The fraction of sp³-hybridized carbons (Fsp3) is 0.632. The van der Waals surface area contributed by atoms with Crippen molar-refractivity contribution in [3.63, 3.8) is 0 Å². The van der Waals surface area contributed by atoms with E-state index in [4.69, 9.17) is 0 Å². The van der Waals surface area contributed by atoms with Crippen LogP contribution in [-0.4, -0.2) is 52.9 Å². The van der Waals surface area contributed by atoms with Gasteiger partial charge >= 0.3 is 0 Å². The Hall–Kier alpha value is -1.76. The summed E-state index contributed by atoms with van der Waals surface area (Å²) in [4.78, 5) is 41.0. The molecule has 1 fully saturated rings. The molecule has 1 aliphatic carbocycles. The number of nitrogens with one attached hydrogen (secondary N) is 1. The molecule has 3 rings (SSSR count). The minimum atomic E-state index is -0.364. The van der Waals surface area contributed by atoms with Crippen LogP contribution in [0.2, 0.25) is 0 Å². The zero-order chi connectivity index (χ0) is 18.7. The van der Waals surface area contributed by atoms with E-state index in [1.54, 1.807) is 24.1 Å². The molecule has 1 unspecified atom stereocenters. The Morgan fingerprint density at radius 3 is 2.31 bits per heavy atom. The highest BCUT2D eigenvalue weighted by atomic mass is 32.1. The van der Waals surface area contributed by atoms with Gasteiger partial charge in [0, 0.05) is 20.1 Å². The lowest BCUT2D eigenvalue weighted by atomic mass is 9.86. The average molecular weight is 378 g/mol. The van der Waals surface area contributed by atoms with Crippen molar-refractivity contribution >= 4 is 30.4 Å². The summed E-state index contributed by atoms with van der Waals surface area (Å²) < 4.78 is 0. The lowest BCUT2D eigenvalue weighted by molar-refractivity contribution is -0.135. The third-order valence-electron chi connectivity index (χ3n) is 5.50. The van der Waals surface area contributed by atoms with Crippen molar-refractivity contribution in [3.05, 3.63) is 23.5 Å². The predicted octanol–water partition coefficient (Wildman–Crippen LogP) is 1.84. The van der Waals surface area contributed by atoms with Crippen LogP contribution in [0.25, 0.3) is 0 Å². The van der Waals surface area contributed by atoms with Crippen molar-refractivity contribution in [2.45, 2.75) is 50.2 Å². The third-order valence-corrected chi connectivity index (χ3v) is 6.14. The first-order valence-corrected chi connectivity index (χ1v) is 10.00. The summed E-state index contributed by atoms with van der Waals surface area (Å²) in [5.41, 5.74) is 0.758. The molecule has 6 nitrogen and oxygen atoms in total. The van der Waals surface area contributed by atoms with Crippen molar-refractivity contribution in [1.29, 1.82) is 0 Å². The first-order chi connectivity index (χ1) is 12.5. The van der Waals surface area contributed by atoms with Gasteiger partial charge in [-0.3, -0.25) is 14.4 Å². The first-order valence-electron chi connectivity index (χ1n) is 9.48. The van der Waals surface area contributed by atoms with E-state index in [0.717, 1.165) is 25.7 Å². The minimum Gasteiger partial charge on any atom is -0.354 e. The Kier molecular flexibility index (Phi) is 6.06. The fourth-order valence-corrected chi connectivity index (χ4v) is 4.49. The van der Waals surface area contributed by atoms with Gasteiger partial charge in [0.15, 0.2) is 0 Å². The molecule has 3 amide bonds. The Bertz CT molecular complexity index is 652. The molecule has 0 bridgehead atoms. The summed E-state index contributed by atoms with van der Waals surface area (Å²) in [5, 5.41) is 2.20. The second-order valence-corrected chi connectivity index (χ2v) is 7.68. The molecule has 2 aliphatic heterocycles. The maximum Gasteiger partial charge on any atom is 0.274 e. The van der Waals surface area contributed by atoms with E-state index in [0.29, 0.717) is 37.3 Å². The zero-order valence-electron chi connectivity index (χ0n) is 15.2. The van der Waals surface area contributed by atoms with Gasteiger partial charge in [-0.25, -0.2) is 0 Å². The molecule has 1 atom stereocenters. The highest BCUT2D eigenvalue weighted by Gasteiger charge is 2.37. The maximum atomic E-state index is 13.0. The van der Waals surface area contributed by atoms with Crippen LogP contribution in [0.3, 0.4) is 0 Å². The molecule has 1 N–H and O–H groups in total. The molecule has 3 aliphatic rings. The quantitative estimate of drug-likeness (QED) is 0.735. The van der Waals surface area contributed by atoms with Crippen molar-refractivity contribution in [2.24, 2.45) is 5.92 Å². The lowest BCUT2D eigenvalue weighted by Gasteiger charge is -2.31. The van der Waals surface area contributed by atoms with Crippen LogP contribution < -0.4 is 5.32 Å². The van der Waals surface area contributed by atoms with Crippen molar-refractivity contribution in [2.75, 3.05) is 20.1 Å². The van der Waals surface area contributed by atoms with E-state index in [2.05, 4.69) is 17.9 Å². The number of carbonyl (C=O) groups excluding carboxylic acids is 3. The smallest absolute Gasteiger partial charge is 0.274 e. The number of carbonyl (C=O) groups is 3. The van der Waals surface area contributed by atoms with Crippen LogP contribution in [0.15, 0.2) is 23.5 Å². The number of amides is 3. The van der Waals surface area contributed by atoms with Gasteiger partial charge < -0.3 is 15.1 Å². The average Bonchev–Trinajstić information content (AvgIpc) is 3.35. The van der Waals surface area contributed by atoms with Gasteiger partial charge in [-0.1, -0.05) is 31.4 Å². The van der Waals surface area contributed by atoms with Gasteiger partial charge in [0.2, 0.25) is 5.91 Å². The Balaban J connectivity index is 1.71. The molecule has 7 heteroatoms. The van der Waals surface area contributed by atoms with Crippen LogP contribution in [0.5, 0.6) is 0 Å². The van der Waals surface area contributed by atoms with E-state index in [1.807, 2.05) is 0 Å². The molecule has 142 valence electrons. The Morgan fingerprint density at radius 2 is 1.65 bits per heavy atom. The van der Waals surface area contributed by atoms with Crippen LogP contribution in [0.4, 0.5) is 0 Å². The van der Waals surface area contributed by atoms with Crippen LogP contribution >= 0.6 is 12.6 Å². The van der Waals surface area contributed by atoms with E-state index in [9.17, 15) is 14.4 Å². The molecule has 0 radical (unpaired) electrons. The summed E-state index contributed by atoms with van der Waals surface area (Å²) in [6.07, 6.45) is 10.4. The number of thiol groups is 1. The molecule has 0 saturated heterocycles. The summed E-state index contributed by atoms with van der Waals surface area (Å²) in [6.45, 7) is 0.977. The van der Waals surface area contributed by atoms with E-state index in [1.165, 1.54) is 11.3 Å². The normalized spacial score (nSPS) is 22.1. The van der Waals surface area contributed by atoms with Gasteiger partial charge in [0.05, 0.1) is 5.25 Å². The largest absolute Gasteiger partial charge is 0.354 e. The molecule has 0 spiro atoms. The van der Waals surface area contributed by atoms with Crippen molar-refractivity contribution < 1.29 is 14.4 Å². The van der Waals surface area contributed by atoms with Crippen LogP contribution in [0.1, 0.15) is 44.9 Å². The molecule has 26 heavy (non-hydrogen) atoms. The summed E-state index contributed by atoms with van der Waals surface area (Å²) in [6, 6.07) is 0. The SMILES string of the molecule is CNC(=O)C1=CCCN1C(=O)C1=CCCN1C(=O)C(S)C1CCCCC1. The van der Waals surface area contributed by atoms with Crippen molar-refractivity contribution in [1.82, 2.24) is 15.1 Å². The minimum absolute atomic E-state index is 0.0815. The van der Waals surface area contributed by atoms with Gasteiger partial charge in [0.25, 0.3) is 11.8 Å². The standard InChI is InChI=1S/C19H27N3O3S/c1-20-17(23)14-9-5-11-21(14)18(24)15-10-6-12-22(15)19(25)16(26)13-7-3-2-4-8-13/h9-10,13,16,26H,2-8,11-12H2,1H3,(H,20,23). The van der Waals surface area contributed by atoms with Crippen LogP contribution in [-0.2, 0) is 14.4 Å². The van der Waals surface area contributed by atoms with Gasteiger partial charge in [-0.2, -0.15) is 12.6 Å². The number of hydrogen-bond donors (Lipinski definition) is 2. The summed E-state index contributed by atoms with van der Waals surface area (Å²) in [7, 11) is 1.55. The highest BCUT2D eigenvalue weighted by Crippen LogP contribution is 2.32. The van der Waals surface area contributed by atoms with E-state index < -0.39 is 0 Å². The van der Waals surface area contributed by atoms with E-state index in [-0.39, 0.29) is 28.9 Å². The summed E-state index contributed by atoms with van der Waals surface area (Å²) >= 11 is 4.61. The number of rotatable bonds is 4. The Labute approximate surface area is 160 Å². The molecular weight excluding hydrogens is 350 g/mol. The molecular formula is C19H27N3O3S. The monoisotopic (exact) mass is 377 g/mol. The highest BCUT2D eigenvalue weighted by molar-refractivity contribution is 7.81. The first kappa shape index (κ1) is 19.0. The number of nitrogens with zero attached hydrogens (tertiary/aromatic N) is 2. The summed E-state index contributed by atoms with van der Waals surface area (Å²) in [5.74, 6) is -0.347.